The molecule has 0 aliphatic carbocycles. The third-order valence-electron chi connectivity index (χ3n) is 2.93. The molecule has 0 atom stereocenters. The van der Waals surface area contributed by atoms with Crippen molar-refractivity contribution in [2.24, 2.45) is 7.05 Å². The van der Waals surface area contributed by atoms with Gasteiger partial charge >= 0.3 is 6.03 Å². The summed E-state index contributed by atoms with van der Waals surface area (Å²) in [4.78, 5) is 23.8. The van der Waals surface area contributed by atoms with Crippen LogP contribution in [0.15, 0.2) is 18.3 Å². The van der Waals surface area contributed by atoms with Gasteiger partial charge in [-0.2, -0.15) is 5.10 Å². The lowest BCUT2D eigenvalue weighted by Crippen LogP contribution is -2.31. The van der Waals surface area contributed by atoms with Crippen LogP contribution < -0.4 is 10.2 Å². The first-order valence-corrected chi connectivity index (χ1v) is 5.30. The second-order valence-corrected chi connectivity index (χ2v) is 3.99. The SMILES string of the molecule is Cn1ncc2c(F)c(N3C(=O)CNC3=O)ccc21. The predicted octanol–water partition coefficient (Wildman–Crippen LogP) is 0.769. The molecule has 1 fully saturated rings. The highest BCUT2D eigenvalue weighted by atomic mass is 19.1. The van der Waals surface area contributed by atoms with Gasteiger partial charge in [0.1, 0.15) is 0 Å². The van der Waals surface area contributed by atoms with Gasteiger partial charge in [-0.3, -0.25) is 9.48 Å². The van der Waals surface area contributed by atoms with E-state index in [1.807, 2.05) is 0 Å². The van der Waals surface area contributed by atoms with Crippen LogP contribution >= 0.6 is 0 Å². The predicted molar refractivity (Wildman–Crippen MR) is 61.6 cm³/mol. The number of anilines is 1. The molecule has 2 heterocycles. The van der Waals surface area contributed by atoms with Crippen molar-refractivity contribution in [1.29, 1.82) is 0 Å². The van der Waals surface area contributed by atoms with Crippen LogP contribution in [-0.2, 0) is 11.8 Å². The fourth-order valence-electron chi connectivity index (χ4n) is 2.02. The third-order valence-corrected chi connectivity index (χ3v) is 2.93. The summed E-state index contributed by atoms with van der Waals surface area (Å²) in [7, 11) is 1.69. The Bertz CT molecular complexity index is 663. The van der Waals surface area contributed by atoms with Crippen molar-refractivity contribution >= 4 is 28.5 Å². The number of benzene rings is 1. The third kappa shape index (κ3) is 1.30. The molecule has 0 unspecified atom stereocenters. The lowest BCUT2D eigenvalue weighted by molar-refractivity contribution is -0.115. The van der Waals surface area contributed by atoms with Gasteiger partial charge in [0.25, 0.3) is 5.91 Å². The number of urea groups is 1. The molecule has 7 heteroatoms. The second-order valence-electron chi connectivity index (χ2n) is 3.99. The molecule has 92 valence electrons. The van der Waals surface area contributed by atoms with Gasteiger partial charge in [-0.25, -0.2) is 14.1 Å². The van der Waals surface area contributed by atoms with Crippen molar-refractivity contribution in [2.75, 3.05) is 11.4 Å². The summed E-state index contributed by atoms with van der Waals surface area (Å²) in [5.74, 6) is -1.09. The van der Waals surface area contributed by atoms with E-state index in [4.69, 9.17) is 0 Å². The van der Waals surface area contributed by atoms with Crippen molar-refractivity contribution in [1.82, 2.24) is 15.1 Å². The highest BCUT2D eigenvalue weighted by molar-refractivity contribution is 6.20. The zero-order valence-electron chi connectivity index (χ0n) is 9.48. The van der Waals surface area contributed by atoms with Crippen molar-refractivity contribution < 1.29 is 14.0 Å². The number of aromatic nitrogens is 2. The van der Waals surface area contributed by atoms with Gasteiger partial charge in [0.2, 0.25) is 0 Å². The van der Waals surface area contributed by atoms with Gasteiger partial charge in [-0.1, -0.05) is 0 Å². The zero-order valence-corrected chi connectivity index (χ0v) is 9.48. The number of carbonyl (C=O) groups is 2. The van der Waals surface area contributed by atoms with E-state index in [-0.39, 0.29) is 17.6 Å². The molecular formula is C11H9FN4O2. The van der Waals surface area contributed by atoms with Crippen LogP contribution in [0, 0.1) is 5.82 Å². The fourth-order valence-corrected chi connectivity index (χ4v) is 2.02. The molecule has 0 radical (unpaired) electrons. The minimum atomic E-state index is -0.619. The van der Waals surface area contributed by atoms with Crippen LogP contribution in [0.3, 0.4) is 0 Å². The summed E-state index contributed by atoms with van der Waals surface area (Å²) < 4.78 is 15.8. The van der Waals surface area contributed by atoms with Gasteiger partial charge in [0.15, 0.2) is 5.82 Å². The molecule has 3 amide bonds. The number of carbonyl (C=O) groups excluding carboxylic acids is 2. The molecule has 0 saturated carbocycles. The monoisotopic (exact) mass is 248 g/mol. The molecule has 1 aliphatic rings. The van der Waals surface area contributed by atoms with Crippen LogP contribution in [0.2, 0.25) is 0 Å². The molecule has 0 bridgehead atoms. The molecule has 1 saturated heterocycles. The lowest BCUT2D eigenvalue weighted by Gasteiger charge is -2.13. The van der Waals surface area contributed by atoms with Gasteiger partial charge in [0.05, 0.1) is 29.3 Å². The number of amides is 3. The second kappa shape index (κ2) is 3.52. The maximum absolute atomic E-state index is 14.3. The van der Waals surface area contributed by atoms with Crippen LogP contribution in [0.1, 0.15) is 0 Å². The minimum absolute atomic E-state index is 0.0458. The number of hydrogen-bond donors (Lipinski definition) is 1. The number of halogens is 1. The molecule has 0 spiro atoms. The molecule has 1 N–H and O–H groups in total. The van der Waals surface area contributed by atoms with E-state index in [2.05, 4.69) is 10.4 Å². The van der Waals surface area contributed by atoms with Crippen molar-refractivity contribution in [3.05, 3.63) is 24.1 Å². The molecule has 1 aromatic heterocycles. The molecule has 18 heavy (non-hydrogen) atoms. The highest BCUT2D eigenvalue weighted by Crippen LogP contribution is 2.28. The molecule has 1 aromatic carbocycles. The summed E-state index contributed by atoms with van der Waals surface area (Å²) in [5.41, 5.74) is 0.554. The van der Waals surface area contributed by atoms with E-state index in [1.54, 1.807) is 13.1 Å². The van der Waals surface area contributed by atoms with E-state index in [9.17, 15) is 14.0 Å². The smallest absolute Gasteiger partial charge is 0.328 e. The van der Waals surface area contributed by atoms with Gasteiger partial charge in [0, 0.05) is 7.05 Å². The van der Waals surface area contributed by atoms with Crippen LogP contribution in [0.4, 0.5) is 14.9 Å². The maximum Gasteiger partial charge on any atom is 0.329 e. The average Bonchev–Trinajstić information content (AvgIpc) is 2.86. The summed E-state index contributed by atoms with van der Waals surface area (Å²) in [5, 5.41) is 6.56. The number of rotatable bonds is 1. The fraction of sp³-hybridized carbons (Fsp3) is 0.182. The number of aryl methyl sites for hydroxylation is 1. The number of nitrogens with one attached hydrogen (secondary N) is 1. The summed E-state index contributed by atoms with van der Waals surface area (Å²) >= 11 is 0. The van der Waals surface area contributed by atoms with Crippen LogP contribution in [0.5, 0.6) is 0 Å². The van der Waals surface area contributed by atoms with E-state index in [0.717, 1.165) is 4.90 Å². The van der Waals surface area contributed by atoms with E-state index < -0.39 is 17.8 Å². The first-order valence-electron chi connectivity index (χ1n) is 5.30. The van der Waals surface area contributed by atoms with E-state index in [1.165, 1.54) is 16.9 Å². The maximum atomic E-state index is 14.3. The minimum Gasteiger partial charge on any atom is -0.328 e. The molecule has 6 nitrogen and oxygen atoms in total. The first kappa shape index (κ1) is 10.7. The lowest BCUT2D eigenvalue weighted by atomic mass is 10.2. The number of nitrogens with zero attached hydrogens (tertiary/aromatic N) is 3. The molecule has 3 rings (SSSR count). The van der Waals surface area contributed by atoms with Gasteiger partial charge in [-0.15, -0.1) is 0 Å². The summed E-state index contributed by atoms with van der Waals surface area (Å²) in [6, 6.07) is 2.42. The Labute approximate surface area is 101 Å². The van der Waals surface area contributed by atoms with Gasteiger partial charge in [-0.05, 0) is 12.1 Å². The Kier molecular flexibility index (Phi) is 2.09. The van der Waals surface area contributed by atoms with Crippen molar-refractivity contribution in [3.8, 4) is 0 Å². The van der Waals surface area contributed by atoms with E-state index in [0.29, 0.717) is 5.52 Å². The largest absolute Gasteiger partial charge is 0.329 e. The Hall–Kier alpha value is -2.44. The Balaban J connectivity index is 2.21. The standard InChI is InChI=1S/C11H9FN4O2/c1-15-7-2-3-8(10(12)6(7)4-14-15)16-9(17)5-13-11(16)18/h2-4H,5H2,1H3,(H,13,18). The van der Waals surface area contributed by atoms with Crippen LogP contribution in [0.25, 0.3) is 10.9 Å². The Morgan fingerprint density at radius 3 is 2.83 bits per heavy atom. The zero-order chi connectivity index (χ0) is 12.9. The number of fused-ring (bicyclic) bond motifs is 1. The summed E-state index contributed by atoms with van der Waals surface area (Å²) in [6.07, 6.45) is 1.37. The first-order chi connectivity index (χ1) is 8.59. The van der Waals surface area contributed by atoms with Gasteiger partial charge < -0.3 is 5.32 Å². The highest BCUT2D eigenvalue weighted by Gasteiger charge is 2.32. The molecular weight excluding hydrogens is 239 g/mol. The number of hydrogen-bond acceptors (Lipinski definition) is 3. The molecule has 1 aliphatic heterocycles. The number of imide groups is 1. The Morgan fingerprint density at radius 2 is 2.17 bits per heavy atom. The van der Waals surface area contributed by atoms with E-state index >= 15 is 0 Å². The molecule has 2 aromatic rings. The van der Waals surface area contributed by atoms with Crippen molar-refractivity contribution in [3.63, 3.8) is 0 Å². The summed E-state index contributed by atoms with van der Waals surface area (Å²) in [6.45, 7) is -0.108. The van der Waals surface area contributed by atoms with Crippen molar-refractivity contribution in [2.45, 2.75) is 0 Å². The van der Waals surface area contributed by atoms with Crippen LogP contribution in [-0.4, -0.2) is 28.3 Å². The average molecular weight is 248 g/mol. The quantitative estimate of drug-likeness (QED) is 0.758. The normalized spacial score (nSPS) is 15.6. The Morgan fingerprint density at radius 1 is 1.39 bits per heavy atom. The topological polar surface area (TPSA) is 67.2 Å².